The Hall–Kier alpha value is -6.18. The van der Waals surface area contributed by atoms with Gasteiger partial charge in [-0.15, -0.1) is 0 Å². The molecule has 0 saturated carbocycles. The van der Waals surface area contributed by atoms with E-state index < -0.39 is 30.3 Å². The number of methoxy groups -OCH3 is 2. The van der Waals surface area contributed by atoms with E-state index in [0.717, 1.165) is 68.4 Å². The van der Waals surface area contributed by atoms with Crippen LogP contribution in [0.15, 0.2) is 72.4 Å². The third-order valence-electron chi connectivity index (χ3n) is 11.0. The molecule has 4 N–H and O–H groups in total. The maximum atomic E-state index is 13.7. The number of carbonyl (C=O) groups is 4. The number of alkyl carbamates (subject to hydrolysis) is 2. The number of likely N-dealkylation sites (tertiary alicyclic amines) is 1. The van der Waals surface area contributed by atoms with Crippen molar-refractivity contribution < 1.29 is 28.7 Å². The quantitative estimate of drug-likeness (QED) is 0.110. The van der Waals surface area contributed by atoms with Crippen molar-refractivity contribution in [3.05, 3.63) is 84.1 Å². The normalized spacial score (nSPS) is 17.9. The number of hydrogen-bond acceptors (Lipinski definition) is 8. The molecule has 5 aromatic rings. The number of nitrogens with one attached hydrogen (secondary N) is 4. The number of carbonyl (C=O) groups excluding carboxylic acids is 4. The summed E-state index contributed by atoms with van der Waals surface area (Å²) in [6.45, 7) is 10.6. The Morgan fingerprint density at radius 1 is 0.772 bits per heavy atom. The predicted molar refractivity (Wildman–Crippen MR) is 217 cm³/mol. The average molecular weight is 775 g/mol. The van der Waals surface area contributed by atoms with Crippen molar-refractivity contribution in [2.75, 3.05) is 27.3 Å². The Balaban J connectivity index is 1.08. The molecule has 7 rings (SSSR count). The number of H-pyrrole nitrogens is 2. The van der Waals surface area contributed by atoms with Gasteiger partial charge in [0.1, 0.15) is 29.8 Å². The second-order valence-electron chi connectivity index (χ2n) is 15.6. The summed E-state index contributed by atoms with van der Waals surface area (Å²) in [5.41, 5.74) is 6.59. The Labute approximate surface area is 331 Å². The smallest absolute Gasteiger partial charge is 0.407 e. The fourth-order valence-corrected chi connectivity index (χ4v) is 7.89. The summed E-state index contributed by atoms with van der Waals surface area (Å²) in [6, 6.07) is 16.7. The molecule has 4 atom stereocenters. The number of rotatable bonds is 10. The molecule has 2 aliphatic heterocycles. The lowest BCUT2D eigenvalue weighted by Crippen LogP contribution is -2.51. The van der Waals surface area contributed by atoms with Gasteiger partial charge >= 0.3 is 12.2 Å². The topological polar surface area (TPSA) is 175 Å². The lowest BCUT2D eigenvalue weighted by molar-refractivity contribution is -0.136. The first kappa shape index (κ1) is 39.1. The van der Waals surface area contributed by atoms with E-state index in [0.29, 0.717) is 18.9 Å². The van der Waals surface area contributed by atoms with E-state index in [1.54, 1.807) is 4.90 Å². The zero-order chi connectivity index (χ0) is 40.5. The molecule has 0 aliphatic carbocycles. The molecule has 2 aliphatic rings. The van der Waals surface area contributed by atoms with Crippen LogP contribution in [-0.4, -0.2) is 93.1 Å². The molecular weight excluding hydrogens is 725 g/mol. The average Bonchev–Trinajstić information content (AvgIpc) is 4.03. The van der Waals surface area contributed by atoms with Crippen LogP contribution >= 0.6 is 0 Å². The first-order valence-electron chi connectivity index (χ1n) is 19.4. The Morgan fingerprint density at radius 2 is 1.37 bits per heavy atom. The Kier molecular flexibility index (Phi) is 11.1. The molecule has 57 heavy (non-hydrogen) atoms. The van der Waals surface area contributed by atoms with Gasteiger partial charge in [-0.05, 0) is 77.8 Å². The van der Waals surface area contributed by atoms with Crippen LogP contribution in [0.3, 0.4) is 0 Å². The van der Waals surface area contributed by atoms with Crippen molar-refractivity contribution in [1.29, 1.82) is 0 Å². The van der Waals surface area contributed by atoms with E-state index in [1.807, 2.05) is 63.9 Å². The lowest BCUT2D eigenvalue weighted by Gasteiger charge is -2.30. The van der Waals surface area contributed by atoms with Crippen LogP contribution in [0.2, 0.25) is 0 Å². The number of amides is 4. The molecule has 14 nitrogen and oxygen atoms in total. The number of imidazole rings is 2. The van der Waals surface area contributed by atoms with Gasteiger partial charge in [0.05, 0.1) is 43.2 Å². The Bertz CT molecular complexity index is 2360. The van der Waals surface area contributed by atoms with Gasteiger partial charge in [-0.2, -0.15) is 0 Å². The SMILES string of the molecule is COC(=O)N[C@H](C(=O)N1CC(C)=C[C@H]1c1nc2ccc(-c3ccc4cc(-c5cnc([C@@H]6CCCN6C(=O)[C@@H](NC(=O)OC)C(C)C)[nH]5)ccc4c3)cc2[nH]1)C(C)C. The van der Waals surface area contributed by atoms with Gasteiger partial charge in [-0.1, -0.05) is 69.7 Å². The molecular formula is C43H50N8O6. The number of fused-ring (bicyclic) bond motifs is 2. The van der Waals surface area contributed by atoms with E-state index >= 15 is 0 Å². The van der Waals surface area contributed by atoms with E-state index in [4.69, 9.17) is 19.4 Å². The molecule has 0 unspecified atom stereocenters. The number of benzene rings is 3. The van der Waals surface area contributed by atoms with Gasteiger partial charge in [0.2, 0.25) is 11.8 Å². The van der Waals surface area contributed by atoms with Crippen molar-refractivity contribution in [3.8, 4) is 22.4 Å². The number of nitrogens with zero attached hydrogens (tertiary/aromatic N) is 4. The molecule has 4 amide bonds. The van der Waals surface area contributed by atoms with Crippen molar-refractivity contribution in [2.45, 2.75) is 71.6 Å². The molecule has 0 radical (unpaired) electrons. The highest BCUT2D eigenvalue weighted by Crippen LogP contribution is 2.35. The lowest BCUT2D eigenvalue weighted by atomic mass is 9.99. The van der Waals surface area contributed by atoms with Gasteiger partial charge in [0.25, 0.3) is 0 Å². The predicted octanol–water partition coefficient (Wildman–Crippen LogP) is 7.03. The second-order valence-corrected chi connectivity index (χ2v) is 15.6. The minimum absolute atomic E-state index is 0.110. The monoisotopic (exact) mass is 774 g/mol. The first-order chi connectivity index (χ1) is 27.3. The molecule has 0 bridgehead atoms. The fourth-order valence-electron chi connectivity index (χ4n) is 7.89. The number of ether oxygens (including phenoxy) is 2. The molecule has 14 heteroatoms. The zero-order valence-electron chi connectivity index (χ0n) is 33.4. The van der Waals surface area contributed by atoms with E-state index in [-0.39, 0.29) is 29.7 Å². The second kappa shape index (κ2) is 16.1. The van der Waals surface area contributed by atoms with Gasteiger partial charge < -0.3 is 39.9 Å². The largest absolute Gasteiger partial charge is 0.453 e. The van der Waals surface area contributed by atoms with Crippen LogP contribution in [0.4, 0.5) is 9.59 Å². The van der Waals surface area contributed by atoms with Crippen molar-refractivity contribution in [1.82, 2.24) is 40.4 Å². The molecule has 3 aromatic carbocycles. The summed E-state index contributed by atoms with van der Waals surface area (Å²) in [7, 11) is 2.57. The summed E-state index contributed by atoms with van der Waals surface area (Å²) in [4.78, 5) is 71.4. The highest BCUT2D eigenvalue weighted by atomic mass is 16.5. The summed E-state index contributed by atoms with van der Waals surface area (Å²) in [6.07, 6.45) is 4.20. The Morgan fingerprint density at radius 3 is 2.02 bits per heavy atom. The molecule has 298 valence electrons. The summed E-state index contributed by atoms with van der Waals surface area (Å²) in [5.74, 6) is 0.788. The van der Waals surface area contributed by atoms with Crippen LogP contribution in [0, 0.1) is 11.8 Å². The van der Waals surface area contributed by atoms with Gasteiger partial charge in [0, 0.05) is 18.7 Å². The van der Waals surface area contributed by atoms with Crippen LogP contribution in [0.1, 0.15) is 71.2 Å². The molecule has 1 fully saturated rings. The zero-order valence-corrected chi connectivity index (χ0v) is 33.4. The number of aromatic amines is 2. The number of aromatic nitrogens is 4. The minimum Gasteiger partial charge on any atom is -0.453 e. The first-order valence-corrected chi connectivity index (χ1v) is 19.4. The summed E-state index contributed by atoms with van der Waals surface area (Å²) < 4.78 is 9.55. The highest BCUT2D eigenvalue weighted by molar-refractivity contribution is 5.92. The molecule has 0 spiro atoms. The summed E-state index contributed by atoms with van der Waals surface area (Å²) in [5, 5.41) is 7.54. The minimum atomic E-state index is -0.738. The van der Waals surface area contributed by atoms with Crippen molar-refractivity contribution >= 4 is 45.8 Å². The van der Waals surface area contributed by atoms with Gasteiger partial charge in [0.15, 0.2) is 0 Å². The van der Waals surface area contributed by atoms with Crippen molar-refractivity contribution in [3.63, 3.8) is 0 Å². The fraction of sp³-hybridized carbons (Fsp3) is 0.395. The van der Waals surface area contributed by atoms with Crippen LogP contribution < -0.4 is 10.6 Å². The highest BCUT2D eigenvalue weighted by Gasteiger charge is 2.38. The van der Waals surface area contributed by atoms with Crippen LogP contribution in [0.5, 0.6) is 0 Å². The maximum Gasteiger partial charge on any atom is 0.407 e. The molecule has 4 heterocycles. The standard InChI is InChI=1S/C43H50N8O6/c1-23(2)36(48-42(54)56-6)40(52)50-16-8-9-34(50)38-44-21-33(47-38)30-13-12-26-18-27(10-11-28(26)19-30)29-14-15-31-32(20-29)46-39(45-31)35-17-25(5)22-51(35)41(53)37(24(3)4)49-43(55)57-7/h10-15,17-21,23-24,34-37H,8-9,16,22H2,1-7H3,(H,44,47)(H,45,46)(H,48,54)(H,49,55)/t34-,35-,36-,37-/m0/s1. The van der Waals surface area contributed by atoms with Gasteiger partial charge in [-0.25, -0.2) is 19.6 Å². The van der Waals surface area contributed by atoms with E-state index in [9.17, 15) is 19.2 Å². The number of hydrogen-bond donors (Lipinski definition) is 4. The van der Waals surface area contributed by atoms with E-state index in [1.165, 1.54) is 14.2 Å². The molecule has 1 saturated heterocycles. The van der Waals surface area contributed by atoms with Crippen LogP contribution in [-0.2, 0) is 19.1 Å². The van der Waals surface area contributed by atoms with Crippen LogP contribution in [0.25, 0.3) is 44.2 Å². The molecule has 2 aromatic heterocycles. The van der Waals surface area contributed by atoms with E-state index in [2.05, 4.69) is 63.1 Å². The summed E-state index contributed by atoms with van der Waals surface area (Å²) >= 11 is 0. The third kappa shape index (κ3) is 7.94. The van der Waals surface area contributed by atoms with Gasteiger partial charge in [-0.3, -0.25) is 9.59 Å². The van der Waals surface area contributed by atoms with Crippen molar-refractivity contribution in [2.24, 2.45) is 11.8 Å². The third-order valence-corrected chi connectivity index (χ3v) is 11.0. The maximum absolute atomic E-state index is 13.7.